The second-order valence-corrected chi connectivity index (χ2v) is 4.79. The molecule has 104 valence electrons. The van der Waals surface area contributed by atoms with Gasteiger partial charge in [-0.2, -0.15) is 0 Å². The third-order valence-corrected chi connectivity index (χ3v) is 3.22. The average Bonchev–Trinajstić information content (AvgIpc) is 2.42. The van der Waals surface area contributed by atoms with Gasteiger partial charge in [0.2, 0.25) is 0 Å². The molecule has 1 aromatic rings. The first-order chi connectivity index (χ1) is 9.15. The number of carbonyl (C=O) groups is 1. The molecule has 2 N–H and O–H groups in total. The second kappa shape index (κ2) is 6.54. The fourth-order valence-corrected chi connectivity index (χ4v) is 2.04. The van der Waals surface area contributed by atoms with Crippen LogP contribution in [-0.4, -0.2) is 48.3 Å². The fraction of sp³-hybridized carbons (Fsp3) is 0.500. The number of carboxylic acid groups (broad SMARTS) is 1. The van der Waals surface area contributed by atoms with Gasteiger partial charge in [0.25, 0.3) is 0 Å². The molecule has 1 aliphatic heterocycles. The van der Waals surface area contributed by atoms with Crippen molar-refractivity contribution in [2.75, 3.05) is 31.6 Å². The van der Waals surface area contributed by atoms with Crippen LogP contribution in [0, 0.1) is 0 Å². The number of rotatable bonds is 5. The molecule has 2 rings (SSSR count). The maximum absolute atomic E-state index is 10.8. The van der Waals surface area contributed by atoms with E-state index in [2.05, 4.69) is 10.2 Å². The van der Waals surface area contributed by atoms with Gasteiger partial charge in [-0.1, -0.05) is 12.1 Å². The van der Waals surface area contributed by atoms with E-state index in [-0.39, 0.29) is 0 Å². The lowest BCUT2D eigenvalue weighted by atomic mass is 10.1. The van der Waals surface area contributed by atoms with E-state index in [1.165, 1.54) is 5.56 Å². The van der Waals surface area contributed by atoms with Gasteiger partial charge >= 0.3 is 5.97 Å². The minimum absolute atomic E-state index is 0.579. The number of hydrogen-bond acceptors (Lipinski definition) is 4. The molecule has 1 atom stereocenters. The number of nitrogens with one attached hydrogen (secondary N) is 1. The van der Waals surface area contributed by atoms with Crippen LogP contribution >= 0.6 is 0 Å². The van der Waals surface area contributed by atoms with Crippen LogP contribution in [0.5, 0.6) is 0 Å². The largest absolute Gasteiger partial charge is 0.480 e. The van der Waals surface area contributed by atoms with Gasteiger partial charge in [-0.3, -0.25) is 9.69 Å². The predicted molar refractivity (Wildman–Crippen MR) is 73.3 cm³/mol. The Hall–Kier alpha value is -1.59. The van der Waals surface area contributed by atoms with Crippen molar-refractivity contribution < 1.29 is 14.6 Å². The number of hydrogen-bond donors (Lipinski definition) is 2. The molecule has 1 aromatic carbocycles. The van der Waals surface area contributed by atoms with Crippen LogP contribution in [0.2, 0.25) is 0 Å². The maximum Gasteiger partial charge on any atom is 0.325 e. The van der Waals surface area contributed by atoms with Crippen LogP contribution in [-0.2, 0) is 16.1 Å². The Balaban J connectivity index is 1.88. The molecule has 0 aromatic heterocycles. The standard InChI is InChI=1S/C14H20N2O3/c1-11(14(17)18)15-13-4-2-12(3-5-13)10-16-6-8-19-9-7-16/h2-5,11,15H,6-10H2,1H3,(H,17,18). The summed E-state index contributed by atoms with van der Waals surface area (Å²) in [6.07, 6.45) is 0. The van der Waals surface area contributed by atoms with Crippen LogP contribution in [0.4, 0.5) is 5.69 Å². The number of nitrogens with zero attached hydrogens (tertiary/aromatic N) is 1. The topological polar surface area (TPSA) is 61.8 Å². The molecule has 1 saturated heterocycles. The first-order valence-electron chi connectivity index (χ1n) is 6.53. The van der Waals surface area contributed by atoms with Gasteiger partial charge in [0.15, 0.2) is 0 Å². The van der Waals surface area contributed by atoms with E-state index in [9.17, 15) is 4.79 Å². The molecule has 5 nitrogen and oxygen atoms in total. The molecule has 0 spiro atoms. The highest BCUT2D eigenvalue weighted by atomic mass is 16.5. The number of carboxylic acids is 1. The van der Waals surface area contributed by atoms with E-state index in [1.54, 1.807) is 6.92 Å². The van der Waals surface area contributed by atoms with Crippen molar-refractivity contribution in [3.8, 4) is 0 Å². The Morgan fingerprint density at radius 1 is 1.37 bits per heavy atom. The van der Waals surface area contributed by atoms with Crippen LogP contribution in [0.15, 0.2) is 24.3 Å². The zero-order chi connectivity index (χ0) is 13.7. The Labute approximate surface area is 113 Å². The van der Waals surface area contributed by atoms with E-state index in [0.29, 0.717) is 0 Å². The molecule has 0 saturated carbocycles. The van der Waals surface area contributed by atoms with Crippen molar-refractivity contribution in [1.29, 1.82) is 0 Å². The molecule has 1 fully saturated rings. The lowest BCUT2D eigenvalue weighted by Crippen LogP contribution is -2.35. The van der Waals surface area contributed by atoms with E-state index in [0.717, 1.165) is 38.5 Å². The van der Waals surface area contributed by atoms with Gasteiger partial charge in [0.1, 0.15) is 6.04 Å². The maximum atomic E-state index is 10.8. The van der Waals surface area contributed by atoms with Crippen LogP contribution < -0.4 is 5.32 Å². The average molecular weight is 264 g/mol. The molecule has 0 amide bonds. The monoisotopic (exact) mass is 264 g/mol. The summed E-state index contributed by atoms with van der Waals surface area (Å²) in [6, 6.07) is 7.34. The van der Waals surface area contributed by atoms with Crippen molar-refractivity contribution in [1.82, 2.24) is 4.90 Å². The lowest BCUT2D eigenvalue weighted by molar-refractivity contribution is -0.137. The molecule has 0 bridgehead atoms. The van der Waals surface area contributed by atoms with Gasteiger partial charge in [0.05, 0.1) is 13.2 Å². The normalized spacial score (nSPS) is 17.9. The minimum atomic E-state index is -0.850. The summed E-state index contributed by atoms with van der Waals surface area (Å²) in [5.74, 6) is -0.850. The summed E-state index contributed by atoms with van der Waals surface area (Å²) in [4.78, 5) is 13.1. The van der Waals surface area contributed by atoms with E-state index < -0.39 is 12.0 Å². The van der Waals surface area contributed by atoms with E-state index in [1.807, 2.05) is 24.3 Å². The number of benzene rings is 1. The fourth-order valence-electron chi connectivity index (χ4n) is 2.04. The van der Waals surface area contributed by atoms with Crippen molar-refractivity contribution in [2.45, 2.75) is 19.5 Å². The number of aliphatic carboxylic acids is 1. The predicted octanol–water partition coefficient (Wildman–Crippen LogP) is 1.40. The van der Waals surface area contributed by atoms with Gasteiger partial charge in [-0.05, 0) is 24.6 Å². The molecule has 5 heteroatoms. The first kappa shape index (κ1) is 13.8. The molecule has 1 unspecified atom stereocenters. The zero-order valence-electron chi connectivity index (χ0n) is 11.1. The summed E-state index contributed by atoms with van der Waals surface area (Å²) in [5, 5.41) is 11.8. The third-order valence-electron chi connectivity index (χ3n) is 3.22. The second-order valence-electron chi connectivity index (χ2n) is 4.79. The quantitative estimate of drug-likeness (QED) is 0.842. The van der Waals surface area contributed by atoms with Crippen molar-refractivity contribution in [3.05, 3.63) is 29.8 Å². The van der Waals surface area contributed by atoms with Crippen molar-refractivity contribution in [2.24, 2.45) is 0 Å². The highest BCUT2D eigenvalue weighted by Crippen LogP contribution is 2.13. The minimum Gasteiger partial charge on any atom is -0.480 e. The highest BCUT2D eigenvalue weighted by Gasteiger charge is 2.12. The lowest BCUT2D eigenvalue weighted by Gasteiger charge is -2.26. The number of anilines is 1. The summed E-state index contributed by atoms with van der Waals surface area (Å²) in [5.41, 5.74) is 2.07. The van der Waals surface area contributed by atoms with Gasteiger partial charge < -0.3 is 15.2 Å². The Morgan fingerprint density at radius 3 is 2.58 bits per heavy atom. The molecule has 0 aliphatic carbocycles. The number of morpholine rings is 1. The Morgan fingerprint density at radius 2 is 2.00 bits per heavy atom. The third kappa shape index (κ3) is 4.22. The molecule has 1 aliphatic rings. The van der Waals surface area contributed by atoms with Gasteiger partial charge in [-0.15, -0.1) is 0 Å². The van der Waals surface area contributed by atoms with Crippen molar-refractivity contribution in [3.63, 3.8) is 0 Å². The summed E-state index contributed by atoms with van der Waals surface area (Å²) in [6.45, 7) is 6.08. The van der Waals surface area contributed by atoms with E-state index in [4.69, 9.17) is 9.84 Å². The summed E-state index contributed by atoms with van der Waals surface area (Å²) >= 11 is 0. The van der Waals surface area contributed by atoms with Gasteiger partial charge in [-0.25, -0.2) is 0 Å². The summed E-state index contributed by atoms with van der Waals surface area (Å²) < 4.78 is 5.32. The molecular formula is C14H20N2O3. The Kier molecular flexibility index (Phi) is 4.76. The van der Waals surface area contributed by atoms with Crippen LogP contribution in [0.3, 0.4) is 0 Å². The van der Waals surface area contributed by atoms with Crippen LogP contribution in [0.1, 0.15) is 12.5 Å². The highest BCUT2D eigenvalue weighted by molar-refractivity contribution is 5.76. The molecule has 0 radical (unpaired) electrons. The van der Waals surface area contributed by atoms with Crippen LogP contribution in [0.25, 0.3) is 0 Å². The summed E-state index contributed by atoms with van der Waals surface area (Å²) in [7, 11) is 0. The molecule has 1 heterocycles. The zero-order valence-corrected chi connectivity index (χ0v) is 11.1. The molecule has 19 heavy (non-hydrogen) atoms. The Bertz CT molecular complexity index is 413. The first-order valence-corrected chi connectivity index (χ1v) is 6.53. The SMILES string of the molecule is CC(Nc1ccc(CN2CCOCC2)cc1)C(=O)O. The number of ether oxygens (including phenoxy) is 1. The smallest absolute Gasteiger partial charge is 0.325 e. The molecular weight excluding hydrogens is 244 g/mol. The van der Waals surface area contributed by atoms with E-state index >= 15 is 0 Å². The van der Waals surface area contributed by atoms with Crippen molar-refractivity contribution >= 4 is 11.7 Å². The van der Waals surface area contributed by atoms with Gasteiger partial charge in [0, 0.05) is 25.3 Å².